The first-order valence-electron chi connectivity index (χ1n) is 7.94. The molecule has 0 bridgehead atoms. The van der Waals surface area contributed by atoms with Gasteiger partial charge in [0.2, 0.25) is 0 Å². The van der Waals surface area contributed by atoms with Crippen LogP contribution >= 0.6 is 0 Å². The number of hydrogen-bond acceptors (Lipinski definition) is 4. The molecule has 22 heavy (non-hydrogen) atoms. The first-order valence-corrected chi connectivity index (χ1v) is 7.94. The van der Waals surface area contributed by atoms with E-state index in [-0.39, 0.29) is 6.09 Å². The smallest absolute Gasteiger partial charge is 0.409 e. The van der Waals surface area contributed by atoms with Crippen LogP contribution < -0.4 is 0 Å². The number of amides is 1. The van der Waals surface area contributed by atoms with Crippen molar-refractivity contribution in [2.45, 2.75) is 45.4 Å². The minimum atomic E-state index is -0.206. The average molecular weight is 301 g/mol. The molecule has 0 saturated carbocycles. The maximum atomic E-state index is 11.9. The summed E-state index contributed by atoms with van der Waals surface area (Å²) >= 11 is 0. The highest BCUT2D eigenvalue weighted by molar-refractivity contribution is 5.67. The summed E-state index contributed by atoms with van der Waals surface area (Å²) in [6.07, 6.45) is 5.16. The van der Waals surface area contributed by atoms with E-state index in [4.69, 9.17) is 10.00 Å². The van der Waals surface area contributed by atoms with Gasteiger partial charge < -0.3 is 9.64 Å². The molecule has 0 aromatic carbocycles. The lowest BCUT2D eigenvalue weighted by Crippen LogP contribution is -2.38. The van der Waals surface area contributed by atoms with Gasteiger partial charge in [0.05, 0.1) is 18.2 Å². The minimum absolute atomic E-state index is 0.206. The zero-order valence-electron chi connectivity index (χ0n) is 13.3. The van der Waals surface area contributed by atoms with Gasteiger partial charge in [0, 0.05) is 30.9 Å². The fourth-order valence-corrected chi connectivity index (χ4v) is 2.82. The molecule has 0 unspecified atom stereocenters. The second kappa shape index (κ2) is 7.79. The number of carbonyl (C=O) groups excluding carboxylic acids is 1. The predicted octanol–water partition coefficient (Wildman–Crippen LogP) is 3.38. The molecule has 1 fully saturated rings. The van der Waals surface area contributed by atoms with Crippen LogP contribution in [0.2, 0.25) is 0 Å². The normalized spacial score (nSPS) is 15.4. The third kappa shape index (κ3) is 3.76. The lowest BCUT2D eigenvalue weighted by Gasteiger charge is -2.31. The molecule has 5 nitrogen and oxygen atoms in total. The summed E-state index contributed by atoms with van der Waals surface area (Å²) in [6, 6.07) is 3.95. The number of aromatic nitrogens is 1. The summed E-state index contributed by atoms with van der Waals surface area (Å²) in [4.78, 5) is 18.2. The molecule has 0 N–H and O–H groups in total. The van der Waals surface area contributed by atoms with Gasteiger partial charge in [-0.1, -0.05) is 13.3 Å². The van der Waals surface area contributed by atoms with Crippen molar-refractivity contribution in [2.24, 2.45) is 0 Å². The van der Waals surface area contributed by atoms with E-state index in [1.54, 1.807) is 17.2 Å². The number of carbonyl (C=O) groups is 1. The van der Waals surface area contributed by atoms with Gasteiger partial charge in [-0.3, -0.25) is 4.98 Å². The summed E-state index contributed by atoms with van der Waals surface area (Å²) in [5.74, 6) is 0.313. The van der Waals surface area contributed by atoms with Gasteiger partial charge in [0.1, 0.15) is 0 Å². The molecule has 0 atom stereocenters. The Balaban J connectivity index is 1.92. The van der Waals surface area contributed by atoms with E-state index < -0.39 is 0 Å². The second-order valence-electron chi connectivity index (χ2n) is 5.71. The van der Waals surface area contributed by atoms with E-state index in [0.29, 0.717) is 31.2 Å². The number of rotatable bonds is 4. The molecule has 0 aliphatic carbocycles. The Kier molecular flexibility index (Phi) is 5.76. The SMILES string of the molecule is CCCCOC(=O)N1CCC(c2nccc(C#N)c2C)CC1. The fourth-order valence-electron chi connectivity index (χ4n) is 2.82. The van der Waals surface area contributed by atoms with Crippen molar-refractivity contribution in [3.63, 3.8) is 0 Å². The van der Waals surface area contributed by atoms with Crippen LogP contribution in [0.15, 0.2) is 12.3 Å². The molecule has 0 spiro atoms. The third-order valence-electron chi connectivity index (χ3n) is 4.23. The highest BCUT2D eigenvalue weighted by Gasteiger charge is 2.26. The summed E-state index contributed by atoms with van der Waals surface area (Å²) < 4.78 is 5.25. The Morgan fingerprint density at radius 3 is 2.86 bits per heavy atom. The maximum absolute atomic E-state index is 11.9. The largest absolute Gasteiger partial charge is 0.449 e. The molecule has 1 aromatic rings. The van der Waals surface area contributed by atoms with Crippen LogP contribution in [0.1, 0.15) is 55.3 Å². The van der Waals surface area contributed by atoms with Crippen LogP contribution in [0.3, 0.4) is 0 Å². The number of ether oxygens (including phenoxy) is 1. The van der Waals surface area contributed by atoms with E-state index in [1.807, 2.05) is 6.92 Å². The van der Waals surface area contributed by atoms with E-state index in [2.05, 4.69) is 18.0 Å². The molecule has 1 aromatic heterocycles. The van der Waals surface area contributed by atoms with Gasteiger partial charge >= 0.3 is 6.09 Å². The van der Waals surface area contributed by atoms with Gasteiger partial charge in [-0.2, -0.15) is 5.26 Å². The molecular formula is C17H23N3O2. The van der Waals surface area contributed by atoms with Gasteiger partial charge in [-0.15, -0.1) is 0 Å². The summed E-state index contributed by atoms with van der Waals surface area (Å²) in [5.41, 5.74) is 2.65. The van der Waals surface area contributed by atoms with Crippen LogP contribution in [0.25, 0.3) is 0 Å². The number of hydrogen-bond donors (Lipinski definition) is 0. The van der Waals surface area contributed by atoms with Crippen LogP contribution in [-0.2, 0) is 4.74 Å². The molecular weight excluding hydrogens is 278 g/mol. The first-order chi connectivity index (χ1) is 10.7. The number of unbranched alkanes of at least 4 members (excludes halogenated alkanes) is 1. The first kappa shape index (κ1) is 16.3. The molecule has 1 aliphatic heterocycles. The Bertz CT molecular complexity index is 558. The lowest BCUT2D eigenvalue weighted by molar-refractivity contribution is 0.0913. The number of pyridine rings is 1. The highest BCUT2D eigenvalue weighted by atomic mass is 16.6. The van der Waals surface area contributed by atoms with Gasteiger partial charge in [0.25, 0.3) is 0 Å². The van der Waals surface area contributed by atoms with E-state index in [1.165, 1.54) is 0 Å². The van der Waals surface area contributed by atoms with Gasteiger partial charge in [-0.05, 0) is 37.8 Å². The fraction of sp³-hybridized carbons (Fsp3) is 0.588. The third-order valence-corrected chi connectivity index (χ3v) is 4.23. The van der Waals surface area contributed by atoms with Crippen molar-refractivity contribution >= 4 is 6.09 Å². The topological polar surface area (TPSA) is 66.2 Å². The van der Waals surface area contributed by atoms with Crippen molar-refractivity contribution in [3.05, 3.63) is 29.1 Å². The van der Waals surface area contributed by atoms with E-state index in [0.717, 1.165) is 36.9 Å². The molecule has 0 radical (unpaired) electrons. The average Bonchev–Trinajstić information content (AvgIpc) is 2.55. The van der Waals surface area contributed by atoms with Gasteiger partial charge in [-0.25, -0.2) is 4.79 Å². The number of nitrogens with zero attached hydrogens (tertiary/aromatic N) is 3. The summed E-state index contributed by atoms with van der Waals surface area (Å²) in [6.45, 7) is 5.90. The maximum Gasteiger partial charge on any atom is 0.409 e. The summed E-state index contributed by atoms with van der Waals surface area (Å²) in [7, 11) is 0. The van der Waals surface area contributed by atoms with Crippen molar-refractivity contribution in [1.29, 1.82) is 5.26 Å². The lowest BCUT2D eigenvalue weighted by atomic mass is 9.89. The van der Waals surface area contributed by atoms with Crippen LogP contribution in [0, 0.1) is 18.3 Å². The molecule has 2 heterocycles. The Labute approximate surface area is 131 Å². The molecule has 1 amide bonds. The van der Waals surface area contributed by atoms with Crippen molar-refractivity contribution in [1.82, 2.24) is 9.88 Å². The molecule has 1 aliphatic rings. The highest BCUT2D eigenvalue weighted by Crippen LogP contribution is 2.29. The Morgan fingerprint density at radius 2 is 2.23 bits per heavy atom. The zero-order valence-corrected chi connectivity index (χ0v) is 13.3. The summed E-state index contributed by atoms with van der Waals surface area (Å²) in [5, 5.41) is 9.11. The van der Waals surface area contributed by atoms with Crippen molar-refractivity contribution < 1.29 is 9.53 Å². The number of nitriles is 1. The zero-order chi connectivity index (χ0) is 15.9. The van der Waals surface area contributed by atoms with E-state index in [9.17, 15) is 4.79 Å². The molecule has 118 valence electrons. The molecule has 2 rings (SSSR count). The predicted molar refractivity (Wildman–Crippen MR) is 83.5 cm³/mol. The van der Waals surface area contributed by atoms with Crippen LogP contribution in [0.4, 0.5) is 4.79 Å². The standard InChI is InChI=1S/C17H23N3O2/c1-3-4-11-22-17(21)20-9-6-14(7-10-20)16-13(2)15(12-18)5-8-19-16/h5,8,14H,3-4,6-7,9-11H2,1-2H3. The number of piperidine rings is 1. The monoisotopic (exact) mass is 301 g/mol. The molecule has 1 saturated heterocycles. The van der Waals surface area contributed by atoms with Crippen molar-refractivity contribution in [3.8, 4) is 6.07 Å². The van der Waals surface area contributed by atoms with E-state index >= 15 is 0 Å². The minimum Gasteiger partial charge on any atom is -0.449 e. The van der Waals surface area contributed by atoms with Gasteiger partial charge in [0.15, 0.2) is 0 Å². The second-order valence-corrected chi connectivity index (χ2v) is 5.71. The Hall–Kier alpha value is -2.09. The van der Waals surface area contributed by atoms with Crippen molar-refractivity contribution in [2.75, 3.05) is 19.7 Å². The number of likely N-dealkylation sites (tertiary alicyclic amines) is 1. The quantitative estimate of drug-likeness (QED) is 0.800. The van der Waals surface area contributed by atoms with Crippen LogP contribution in [0.5, 0.6) is 0 Å². The molecule has 5 heteroatoms. The van der Waals surface area contributed by atoms with Crippen LogP contribution in [-0.4, -0.2) is 35.7 Å². The Morgan fingerprint density at radius 1 is 1.50 bits per heavy atom.